The lowest BCUT2D eigenvalue weighted by molar-refractivity contribution is 0.142. The Hall–Kier alpha value is -3.26. The zero-order valence-corrected chi connectivity index (χ0v) is 20.2. The minimum absolute atomic E-state index is 0.0779. The highest BCUT2D eigenvalue weighted by Crippen LogP contribution is 2.29. The molecule has 1 N–H and O–H groups in total. The molecule has 0 saturated carbocycles. The number of H-pyrrole nitrogens is 1. The van der Waals surface area contributed by atoms with Crippen molar-refractivity contribution in [2.75, 3.05) is 0 Å². The molecule has 3 heterocycles. The van der Waals surface area contributed by atoms with E-state index in [4.69, 9.17) is 4.42 Å². The van der Waals surface area contributed by atoms with Gasteiger partial charge in [0.1, 0.15) is 5.76 Å². The van der Waals surface area contributed by atoms with Gasteiger partial charge in [0, 0.05) is 17.5 Å². The minimum atomic E-state index is -0.266. The van der Waals surface area contributed by atoms with E-state index in [-0.39, 0.29) is 17.1 Å². The van der Waals surface area contributed by atoms with E-state index in [1.165, 1.54) is 0 Å². The first-order valence-electron chi connectivity index (χ1n) is 11.4. The van der Waals surface area contributed by atoms with Gasteiger partial charge in [-0.05, 0) is 80.8 Å². The van der Waals surface area contributed by atoms with Crippen molar-refractivity contribution in [3.05, 3.63) is 75.2 Å². The van der Waals surface area contributed by atoms with E-state index in [0.717, 1.165) is 40.0 Å². The van der Waals surface area contributed by atoms with Crippen LogP contribution in [-0.4, -0.2) is 30.1 Å². The fourth-order valence-electron chi connectivity index (χ4n) is 4.32. The number of aromatic amines is 1. The van der Waals surface area contributed by atoms with Gasteiger partial charge in [0.25, 0.3) is 5.56 Å². The molecule has 0 spiro atoms. The van der Waals surface area contributed by atoms with Crippen molar-refractivity contribution in [3.63, 3.8) is 0 Å². The number of hydrogen-bond donors (Lipinski definition) is 1. The largest absolute Gasteiger partial charge is 0.468 e. The van der Waals surface area contributed by atoms with E-state index in [1.807, 2.05) is 35.9 Å². The first-order valence-corrected chi connectivity index (χ1v) is 11.4. The Morgan fingerprint density at radius 3 is 2.58 bits per heavy atom. The number of aryl methyl sites for hydroxylation is 2. The van der Waals surface area contributed by atoms with Crippen molar-refractivity contribution in [2.45, 2.75) is 72.6 Å². The number of nitrogens with zero attached hydrogens (tertiary/aromatic N) is 5. The van der Waals surface area contributed by atoms with Gasteiger partial charge in [-0.3, -0.25) is 9.69 Å². The fourth-order valence-corrected chi connectivity index (χ4v) is 4.32. The van der Waals surface area contributed by atoms with Gasteiger partial charge in [-0.15, -0.1) is 5.10 Å². The van der Waals surface area contributed by atoms with Crippen LogP contribution in [0.5, 0.6) is 0 Å². The predicted octanol–water partition coefficient (Wildman–Crippen LogP) is 4.63. The van der Waals surface area contributed by atoms with Crippen molar-refractivity contribution in [1.82, 2.24) is 30.1 Å². The number of furan rings is 1. The molecule has 1 atom stereocenters. The summed E-state index contributed by atoms with van der Waals surface area (Å²) >= 11 is 0. The number of rotatable bonds is 7. The van der Waals surface area contributed by atoms with Crippen LogP contribution in [0.15, 0.2) is 45.8 Å². The Balaban J connectivity index is 1.79. The lowest BCUT2D eigenvalue weighted by Crippen LogP contribution is -2.35. The SMILES string of the molecule is CC[C@H](c1nnnn1C(C)(C)C)N(Cc1ccco1)Cc1cc2c(C)ccc(C)c2[nH]c1=O. The first kappa shape index (κ1) is 22.9. The standard InChI is InChI=1S/C25H32N6O2/c1-7-21(23-27-28-29-31(23)25(4,5)6)30(15-19-9-8-12-33-19)14-18-13-20-16(2)10-11-17(3)22(20)26-24(18)32/h8-13,21H,7,14-15H2,1-6H3,(H,26,32)/t21-/m1/s1. The topological polar surface area (TPSA) is 92.8 Å². The number of aromatic nitrogens is 5. The average Bonchev–Trinajstić information content (AvgIpc) is 3.44. The molecule has 3 aromatic heterocycles. The van der Waals surface area contributed by atoms with Crippen LogP contribution in [-0.2, 0) is 18.6 Å². The molecule has 4 aromatic rings. The van der Waals surface area contributed by atoms with E-state index < -0.39 is 0 Å². The van der Waals surface area contributed by atoms with Crippen LogP contribution in [0.1, 0.15) is 68.4 Å². The van der Waals surface area contributed by atoms with Gasteiger partial charge >= 0.3 is 0 Å². The molecule has 0 saturated heterocycles. The van der Waals surface area contributed by atoms with Gasteiger partial charge in [0.2, 0.25) is 0 Å². The Morgan fingerprint density at radius 1 is 1.15 bits per heavy atom. The first-order chi connectivity index (χ1) is 15.7. The summed E-state index contributed by atoms with van der Waals surface area (Å²) < 4.78 is 7.53. The highest BCUT2D eigenvalue weighted by Gasteiger charge is 2.30. The van der Waals surface area contributed by atoms with Crippen molar-refractivity contribution < 1.29 is 4.42 Å². The summed E-state index contributed by atoms with van der Waals surface area (Å²) in [4.78, 5) is 18.4. The average molecular weight is 449 g/mol. The van der Waals surface area contributed by atoms with Crippen molar-refractivity contribution in [3.8, 4) is 0 Å². The van der Waals surface area contributed by atoms with E-state index in [1.54, 1.807) is 6.26 Å². The van der Waals surface area contributed by atoms with E-state index in [9.17, 15) is 4.79 Å². The van der Waals surface area contributed by atoms with Crippen LogP contribution in [0.25, 0.3) is 10.9 Å². The van der Waals surface area contributed by atoms with Crippen LogP contribution >= 0.6 is 0 Å². The molecule has 1 aromatic carbocycles. The predicted molar refractivity (Wildman–Crippen MR) is 128 cm³/mol. The van der Waals surface area contributed by atoms with Gasteiger partial charge in [-0.1, -0.05) is 19.1 Å². The summed E-state index contributed by atoms with van der Waals surface area (Å²) in [6.45, 7) is 13.4. The lowest BCUT2D eigenvalue weighted by Gasteiger charge is -2.31. The van der Waals surface area contributed by atoms with Crippen molar-refractivity contribution >= 4 is 10.9 Å². The van der Waals surface area contributed by atoms with Crippen LogP contribution in [0, 0.1) is 13.8 Å². The minimum Gasteiger partial charge on any atom is -0.468 e. The highest BCUT2D eigenvalue weighted by molar-refractivity contribution is 5.85. The molecule has 4 rings (SSSR count). The molecule has 0 amide bonds. The molecule has 0 unspecified atom stereocenters. The summed E-state index contributed by atoms with van der Waals surface area (Å²) in [5.41, 5.74) is 3.45. The molecular formula is C25H32N6O2. The van der Waals surface area contributed by atoms with E-state index in [0.29, 0.717) is 18.7 Å². The molecule has 0 fully saturated rings. The Kier molecular flexibility index (Phi) is 6.21. The number of pyridine rings is 1. The molecule has 0 radical (unpaired) electrons. The normalized spacial score (nSPS) is 13.2. The third-order valence-corrected chi connectivity index (χ3v) is 6.09. The molecule has 0 aliphatic heterocycles. The van der Waals surface area contributed by atoms with Gasteiger partial charge in [0.05, 0.1) is 29.9 Å². The van der Waals surface area contributed by atoms with Crippen molar-refractivity contribution in [2.24, 2.45) is 0 Å². The van der Waals surface area contributed by atoms with Gasteiger partial charge in [-0.2, -0.15) is 0 Å². The summed E-state index contributed by atoms with van der Waals surface area (Å²) in [5.74, 6) is 1.60. The molecule has 0 aliphatic carbocycles. The maximum absolute atomic E-state index is 13.1. The number of benzene rings is 1. The van der Waals surface area contributed by atoms with Crippen molar-refractivity contribution in [1.29, 1.82) is 0 Å². The Bertz CT molecular complexity index is 1300. The van der Waals surface area contributed by atoms with Crippen LogP contribution < -0.4 is 5.56 Å². The molecule has 174 valence electrons. The fraction of sp³-hybridized carbons (Fsp3) is 0.440. The zero-order chi connectivity index (χ0) is 23.8. The third-order valence-electron chi connectivity index (χ3n) is 6.09. The maximum atomic E-state index is 13.1. The van der Waals surface area contributed by atoms with Crippen LogP contribution in [0.2, 0.25) is 0 Å². The second-order valence-electron chi connectivity index (χ2n) is 9.64. The quantitative estimate of drug-likeness (QED) is 0.443. The number of tetrazole rings is 1. The third kappa shape index (κ3) is 4.61. The highest BCUT2D eigenvalue weighted by atomic mass is 16.3. The molecule has 8 nitrogen and oxygen atoms in total. The lowest BCUT2D eigenvalue weighted by atomic mass is 10.0. The number of hydrogen-bond acceptors (Lipinski definition) is 6. The van der Waals surface area contributed by atoms with Gasteiger partial charge in [-0.25, -0.2) is 4.68 Å². The van der Waals surface area contributed by atoms with E-state index >= 15 is 0 Å². The summed E-state index contributed by atoms with van der Waals surface area (Å²) in [6.07, 6.45) is 2.45. The second kappa shape index (κ2) is 8.94. The summed E-state index contributed by atoms with van der Waals surface area (Å²) in [7, 11) is 0. The second-order valence-corrected chi connectivity index (χ2v) is 9.64. The summed E-state index contributed by atoms with van der Waals surface area (Å²) in [6, 6.07) is 9.87. The Labute approximate surface area is 193 Å². The van der Waals surface area contributed by atoms with E-state index in [2.05, 4.69) is 66.1 Å². The molecule has 0 aliphatic rings. The maximum Gasteiger partial charge on any atom is 0.252 e. The van der Waals surface area contributed by atoms with Gasteiger partial charge < -0.3 is 9.40 Å². The van der Waals surface area contributed by atoms with Gasteiger partial charge in [0.15, 0.2) is 5.82 Å². The smallest absolute Gasteiger partial charge is 0.252 e. The molecular weight excluding hydrogens is 416 g/mol. The van der Waals surface area contributed by atoms with Crippen LogP contribution in [0.3, 0.4) is 0 Å². The Morgan fingerprint density at radius 2 is 1.91 bits per heavy atom. The molecule has 33 heavy (non-hydrogen) atoms. The monoisotopic (exact) mass is 448 g/mol. The zero-order valence-electron chi connectivity index (χ0n) is 20.2. The number of nitrogens with one attached hydrogen (secondary N) is 1. The molecule has 8 heteroatoms. The number of fused-ring (bicyclic) bond motifs is 1. The molecule has 0 bridgehead atoms. The summed E-state index contributed by atoms with van der Waals surface area (Å²) in [5, 5.41) is 13.7. The van der Waals surface area contributed by atoms with Crippen LogP contribution in [0.4, 0.5) is 0 Å².